The molecule has 7 nitrogen and oxygen atoms in total. The Bertz CT molecular complexity index is 888. The Morgan fingerprint density at radius 3 is 2.50 bits per heavy atom. The molecule has 1 fully saturated rings. The summed E-state index contributed by atoms with van der Waals surface area (Å²) in [6, 6.07) is 8.21. The second kappa shape index (κ2) is 7.47. The number of carboxylic acids is 1. The van der Waals surface area contributed by atoms with Gasteiger partial charge < -0.3 is 10.0 Å². The smallest absolute Gasteiger partial charge is 0.303 e. The van der Waals surface area contributed by atoms with Crippen molar-refractivity contribution in [1.29, 1.82) is 0 Å². The highest BCUT2D eigenvalue weighted by Crippen LogP contribution is 2.21. The van der Waals surface area contributed by atoms with Crippen LogP contribution >= 0.6 is 0 Å². The van der Waals surface area contributed by atoms with Crippen LogP contribution < -0.4 is 5.56 Å². The first-order valence-corrected chi connectivity index (χ1v) is 8.32. The summed E-state index contributed by atoms with van der Waals surface area (Å²) in [7, 11) is 0. The highest BCUT2D eigenvalue weighted by molar-refractivity contribution is 5.92. The number of halogens is 1. The van der Waals surface area contributed by atoms with Crippen LogP contribution in [0.25, 0.3) is 5.69 Å². The van der Waals surface area contributed by atoms with Gasteiger partial charge in [-0.05, 0) is 37.0 Å². The Morgan fingerprint density at radius 2 is 1.85 bits per heavy atom. The van der Waals surface area contributed by atoms with E-state index in [2.05, 4.69) is 5.10 Å². The molecule has 1 aromatic carbocycles. The topological polar surface area (TPSA) is 92.5 Å². The fourth-order valence-electron chi connectivity index (χ4n) is 3.07. The number of piperidine rings is 1. The van der Waals surface area contributed by atoms with Crippen molar-refractivity contribution in [2.75, 3.05) is 13.1 Å². The summed E-state index contributed by atoms with van der Waals surface area (Å²) in [6.07, 6.45) is 1.30. The van der Waals surface area contributed by atoms with Gasteiger partial charge in [0.05, 0.1) is 0 Å². The SMILES string of the molecule is O=C(O)CC1CCN(C(=O)c2ccc(=O)n(-c3ccccc3F)n2)CC1. The fourth-order valence-corrected chi connectivity index (χ4v) is 3.07. The van der Waals surface area contributed by atoms with Crippen LogP contribution in [0.1, 0.15) is 29.8 Å². The molecule has 0 aliphatic carbocycles. The minimum absolute atomic E-state index is 0.0210. The highest BCUT2D eigenvalue weighted by Gasteiger charge is 2.26. The van der Waals surface area contributed by atoms with Gasteiger partial charge in [0.2, 0.25) is 0 Å². The van der Waals surface area contributed by atoms with Gasteiger partial charge in [-0.3, -0.25) is 14.4 Å². The Hall–Kier alpha value is -3.03. The number of carbonyl (C=O) groups is 2. The molecule has 0 spiro atoms. The van der Waals surface area contributed by atoms with Gasteiger partial charge in [0.1, 0.15) is 17.2 Å². The molecule has 1 amide bonds. The molecule has 1 N–H and O–H groups in total. The van der Waals surface area contributed by atoms with Gasteiger partial charge in [0.25, 0.3) is 11.5 Å². The first-order valence-electron chi connectivity index (χ1n) is 8.32. The lowest BCUT2D eigenvalue weighted by atomic mass is 9.93. The third kappa shape index (κ3) is 3.79. The molecule has 1 aliphatic heterocycles. The van der Waals surface area contributed by atoms with Crippen LogP contribution in [0, 0.1) is 11.7 Å². The van der Waals surface area contributed by atoms with Gasteiger partial charge in [-0.1, -0.05) is 12.1 Å². The van der Waals surface area contributed by atoms with E-state index in [1.807, 2.05) is 0 Å². The van der Waals surface area contributed by atoms with Crippen molar-refractivity contribution in [2.24, 2.45) is 5.92 Å². The molecule has 0 atom stereocenters. The molecule has 8 heteroatoms. The molecule has 3 rings (SSSR count). The molecule has 1 aliphatic rings. The number of nitrogens with zero attached hydrogens (tertiary/aromatic N) is 3. The lowest BCUT2D eigenvalue weighted by Crippen LogP contribution is -2.40. The van der Waals surface area contributed by atoms with Crippen LogP contribution in [0.4, 0.5) is 4.39 Å². The minimum atomic E-state index is -0.839. The van der Waals surface area contributed by atoms with Crippen molar-refractivity contribution in [2.45, 2.75) is 19.3 Å². The van der Waals surface area contributed by atoms with Crippen molar-refractivity contribution in [3.05, 3.63) is 58.3 Å². The van der Waals surface area contributed by atoms with Crippen LogP contribution in [-0.2, 0) is 4.79 Å². The molecule has 2 aromatic rings. The second-order valence-corrected chi connectivity index (χ2v) is 6.25. The van der Waals surface area contributed by atoms with Crippen molar-refractivity contribution in [1.82, 2.24) is 14.7 Å². The average Bonchev–Trinajstić information content (AvgIpc) is 2.62. The Balaban J connectivity index is 1.79. The number of amides is 1. The number of carboxylic acid groups (broad SMARTS) is 1. The third-order valence-corrected chi connectivity index (χ3v) is 4.47. The number of aromatic nitrogens is 2. The van der Waals surface area contributed by atoms with Gasteiger partial charge in [-0.2, -0.15) is 9.78 Å². The van der Waals surface area contributed by atoms with Crippen molar-refractivity contribution in [3.8, 4) is 5.69 Å². The van der Waals surface area contributed by atoms with E-state index in [0.717, 1.165) is 4.68 Å². The zero-order valence-electron chi connectivity index (χ0n) is 14.0. The van der Waals surface area contributed by atoms with Crippen LogP contribution in [0.15, 0.2) is 41.2 Å². The second-order valence-electron chi connectivity index (χ2n) is 6.25. The number of benzene rings is 1. The zero-order chi connectivity index (χ0) is 18.7. The van der Waals surface area contributed by atoms with Crippen molar-refractivity contribution in [3.63, 3.8) is 0 Å². The maximum atomic E-state index is 13.9. The number of hydrogen-bond acceptors (Lipinski definition) is 4. The predicted octanol–water partition coefficient (Wildman–Crippen LogP) is 1.70. The maximum absolute atomic E-state index is 13.9. The molecule has 0 bridgehead atoms. The first kappa shape index (κ1) is 17.8. The Labute approximate surface area is 148 Å². The molecular weight excluding hydrogens is 341 g/mol. The van der Waals surface area contributed by atoms with E-state index in [0.29, 0.717) is 25.9 Å². The van der Waals surface area contributed by atoms with E-state index >= 15 is 0 Å². The number of carbonyl (C=O) groups excluding carboxylic acids is 1. The van der Waals surface area contributed by atoms with Crippen LogP contribution in [0.2, 0.25) is 0 Å². The van der Waals surface area contributed by atoms with E-state index in [-0.39, 0.29) is 29.6 Å². The largest absolute Gasteiger partial charge is 0.481 e. The standard InChI is InChI=1S/C18H18FN3O4/c19-13-3-1-2-4-15(13)22-16(23)6-5-14(20-22)18(26)21-9-7-12(8-10-21)11-17(24)25/h1-6,12H,7-11H2,(H,24,25). The molecule has 26 heavy (non-hydrogen) atoms. The molecule has 136 valence electrons. The van der Waals surface area contributed by atoms with E-state index in [4.69, 9.17) is 5.11 Å². The molecular formula is C18H18FN3O4. The van der Waals surface area contributed by atoms with Gasteiger partial charge in [0, 0.05) is 25.6 Å². The van der Waals surface area contributed by atoms with Gasteiger partial charge in [-0.25, -0.2) is 4.39 Å². The summed E-state index contributed by atoms with van der Waals surface area (Å²) in [4.78, 5) is 37.0. The summed E-state index contributed by atoms with van der Waals surface area (Å²) in [5, 5.41) is 12.9. The summed E-state index contributed by atoms with van der Waals surface area (Å²) >= 11 is 0. The Kier molecular flexibility index (Phi) is 5.11. The van der Waals surface area contributed by atoms with Gasteiger partial charge in [-0.15, -0.1) is 0 Å². The van der Waals surface area contributed by atoms with E-state index in [1.54, 1.807) is 11.0 Å². The van der Waals surface area contributed by atoms with Crippen LogP contribution in [-0.4, -0.2) is 44.8 Å². The molecule has 1 saturated heterocycles. The molecule has 0 radical (unpaired) electrons. The van der Waals surface area contributed by atoms with Crippen molar-refractivity contribution < 1.29 is 19.1 Å². The van der Waals surface area contributed by atoms with E-state index < -0.39 is 17.3 Å². The summed E-state index contributed by atoms with van der Waals surface area (Å²) < 4.78 is 14.8. The monoisotopic (exact) mass is 359 g/mol. The van der Waals surface area contributed by atoms with Crippen LogP contribution in [0.5, 0.6) is 0 Å². The molecule has 1 aromatic heterocycles. The third-order valence-electron chi connectivity index (χ3n) is 4.47. The number of hydrogen-bond donors (Lipinski definition) is 1. The number of aliphatic carboxylic acids is 1. The number of rotatable bonds is 4. The molecule has 2 heterocycles. The summed E-state index contributed by atoms with van der Waals surface area (Å²) in [5.41, 5.74) is -0.510. The predicted molar refractivity (Wildman–Crippen MR) is 90.7 cm³/mol. The van der Waals surface area contributed by atoms with Gasteiger partial charge in [0.15, 0.2) is 0 Å². The quantitative estimate of drug-likeness (QED) is 0.897. The maximum Gasteiger partial charge on any atom is 0.303 e. The summed E-state index contributed by atoms with van der Waals surface area (Å²) in [5.74, 6) is -1.75. The number of para-hydroxylation sites is 1. The van der Waals surface area contributed by atoms with Gasteiger partial charge >= 0.3 is 5.97 Å². The first-order chi connectivity index (χ1) is 12.5. The van der Waals surface area contributed by atoms with E-state index in [1.165, 1.54) is 30.3 Å². The lowest BCUT2D eigenvalue weighted by Gasteiger charge is -2.31. The molecule has 0 unspecified atom stereocenters. The summed E-state index contributed by atoms with van der Waals surface area (Å²) in [6.45, 7) is 0.856. The van der Waals surface area contributed by atoms with Crippen LogP contribution in [0.3, 0.4) is 0 Å². The minimum Gasteiger partial charge on any atom is -0.481 e. The molecule has 0 saturated carbocycles. The normalized spacial score (nSPS) is 15.0. The average molecular weight is 359 g/mol. The van der Waals surface area contributed by atoms with E-state index in [9.17, 15) is 18.8 Å². The van der Waals surface area contributed by atoms with Crippen molar-refractivity contribution >= 4 is 11.9 Å². The Morgan fingerprint density at radius 1 is 1.15 bits per heavy atom. The zero-order valence-corrected chi connectivity index (χ0v) is 14.0. The fraction of sp³-hybridized carbons (Fsp3) is 0.333. The number of likely N-dealkylation sites (tertiary alicyclic amines) is 1. The highest BCUT2D eigenvalue weighted by atomic mass is 19.1. The lowest BCUT2D eigenvalue weighted by molar-refractivity contribution is -0.138.